The Bertz CT molecular complexity index is 1330. The standard InChI is InChI=1S/C29H33F2N5O3/c1-18-10-13-36(20(3)37)17-26(18)34-28(24-6-5-7-25(33-24)29(38)32-4)19(2)35-14-11-22(12-15-35)39-27-9-8-21(30)16-23(27)31/h5-9,16,22H,1,10-15,17H2,2-4H3,(H,32,38)/b28-19+,34-26?. The lowest BCUT2D eigenvalue weighted by Crippen LogP contribution is -2.40. The van der Waals surface area contributed by atoms with Gasteiger partial charge in [-0.2, -0.15) is 0 Å². The lowest BCUT2D eigenvalue weighted by Gasteiger charge is -2.35. The molecule has 2 saturated heterocycles. The minimum atomic E-state index is -0.721. The van der Waals surface area contributed by atoms with Crippen LogP contribution in [0, 0.1) is 11.6 Å². The molecule has 2 amide bonds. The summed E-state index contributed by atoms with van der Waals surface area (Å²) in [4.78, 5) is 37.8. The number of hydrogen-bond acceptors (Lipinski definition) is 6. The van der Waals surface area contributed by atoms with E-state index in [1.807, 2.05) is 6.92 Å². The molecule has 0 spiro atoms. The number of rotatable bonds is 6. The molecular formula is C29H33F2N5O3. The molecular weight excluding hydrogens is 504 g/mol. The van der Waals surface area contributed by atoms with Crippen LogP contribution >= 0.6 is 0 Å². The van der Waals surface area contributed by atoms with Gasteiger partial charge in [0.15, 0.2) is 11.6 Å². The van der Waals surface area contributed by atoms with Crippen molar-refractivity contribution in [1.29, 1.82) is 0 Å². The average Bonchev–Trinajstić information content (AvgIpc) is 2.93. The number of amides is 2. The van der Waals surface area contributed by atoms with E-state index >= 15 is 0 Å². The van der Waals surface area contributed by atoms with Gasteiger partial charge >= 0.3 is 0 Å². The Morgan fingerprint density at radius 1 is 1.08 bits per heavy atom. The molecule has 0 radical (unpaired) electrons. The zero-order chi connectivity index (χ0) is 28.1. The molecule has 0 aliphatic carbocycles. The lowest BCUT2D eigenvalue weighted by atomic mass is 10.0. The minimum Gasteiger partial charge on any atom is -0.487 e. The summed E-state index contributed by atoms with van der Waals surface area (Å²) in [5.74, 6) is -1.67. The number of carbonyl (C=O) groups excluding carboxylic acids is 2. The van der Waals surface area contributed by atoms with Gasteiger partial charge in [0.25, 0.3) is 5.91 Å². The molecule has 8 nitrogen and oxygen atoms in total. The van der Waals surface area contributed by atoms with Crippen LogP contribution in [0.5, 0.6) is 5.75 Å². The van der Waals surface area contributed by atoms with Crippen molar-refractivity contribution in [2.45, 2.75) is 39.2 Å². The summed E-state index contributed by atoms with van der Waals surface area (Å²) >= 11 is 0. The summed E-state index contributed by atoms with van der Waals surface area (Å²) in [6.45, 7) is 9.82. The number of benzene rings is 1. The first-order valence-corrected chi connectivity index (χ1v) is 12.9. The second-order valence-corrected chi connectivity index (χ2v) is 9.65. The van der Waals surface area contributed by atoms with Gasteiger partial charge in [-0.25, -0.2) is 18.8 Å². The quantitative estimate of drug-likeness (QED) is 0.597. The predicted molar refractivity (Wildman–Crippen MR) is 145 cm³/mol. The number of ether oxygens (including phenoxy) is 1. The normalized spacial score (nSPS) is 18.2. The van der Waals surface area contributed by atoms with Gasteiger partial charge in [0.05, 0.1) is 18.0 Å². The smallest absolute Gasteiger partial charge is 0.269 e. The topological polar surface area (TPSA) is 87.1 Å². The number of allylic oxidation sites excluding steroid dienone is 1. The molecule has 39 heavy (non-hydrogen) atoms. The van der Waals surface area contributed by atoms with Crippen LogP contribution < -0.4 is 10.1 Å². The SMILES string of the molecule is C=C1CCN(C(C)=O)CC1=N/C(=C(\C)N1CCC(Oc2ccc(F)cc2F)CC1)c1cccc(C(=O)NC)n1. The van der Waals surface area contributed by atoms with E-state index in [-0.39, 0.29) is 29.4 Å². The number of halogens is 2. The van der Waals surface area contributed by atoms with Gasteiger partial charge < -0.3 is 19.9 Å². The molecule has 1 aromatic carbocycles. The van der Waals surface area contributed by atoms with Crippen molar-refractivity contribution in [2.24, 2.45) is 4.99 Å². The van der Waals surface area contributed by atoms with Crippen LogP contribution in [0.1, 0.15) is 49.3 Å². The van der Waals surface area contributed by atoms with E-state index in [0.29, 0.717) is 62.5 Å². The fourth-order valence-corrected chi connectivity index (χ4v) is 4.66. The summed E-state index contributed by atoms with van der Waals surface area (Å²) < 4.78 is 33.2. The van der Waals surface area contributed by atoms with Crippen molar-refractivity contribution in [3.8, 4) is 5.75 Å². The molecule has 0 saturated carbocycles. The summed E-state index contributed by atoms with van der Waals surface area (Å²) in [5, 5.41) is 2.60. The maximum absolute atomic E-state index is 14.1. The van der Waals surface area contributed by atoms with E-state index in [0.717, 1.165) is 17.3 Å². The van der Waals surface area contributed by atoms with Crippen LogP contribution in [0.15, 0.2) is 59.2 Å². The monoisotopic (exact) mass is 537 g/mol. The molecule has 1 N–H and O–H groups in total. The Morgan fingerprint density at radius 3 is 2.46 bits per heavy atom. The number of nitrogens with one attached hydrogen (secondary N) is 1. The number of pyridine rings is 1. The van der Waals surface area contributed by atoms with Crippen LogP contribution in [0.2, 0.25) is 0 Å². The highest BCUT2D eigenvalue weighted by molar-refractivity contribution is 6.06. The second-order valence-electron chi connectivity index (χ2n) is 9.65. The zero-order valence-corrected chi connectivity index (χ0v) is 22.5. The fourth-order valence-electron chi connectivity index (χ4n) is 4.66. The molecule has 1 aromatic heterocycles. The summed E-state index contributed by atoms with van der Waals surface area (Å²) in [7, 11) is 1.55. The van der Waals surface area contributed by atoms with Crippen molar-refractivity contribution in [1.82, 2.24) is 20.1 Å². The first kappa shape index (κ1) is 27.9. The molecule has 2 aliphatic rings. The van der Waals surface area contributed by atoms with Crippen molar-refractivity contribution < 1.29 is 23.1 Å². The highest BCUT2D eigenvalue weighted by atomic mass is 19.1. The molecule has 206 valence electrons. The molecule has 2 aromatic rings. The zero-order valence-electron chi connectivity index (χ0n) is 22.5. The third-order valence-electron chi connectivity index (χ3n) is 7.02. The number of nitrogens with zero attached hydrogens (tertiary/aromatic N) is 4. The van der Waals surface area contributed by atoms with Gasteiger partial charge in [0.2, 0.25) is 5.91 Å². The van der Waals surface area contributed by atoms with E-state index in [9.17, 15) is 18.4 Å². The average molecular weight is 538 g/mol. The Morgan fingerprint density at radius 2 is 1.79 bits per heavy atom. The van der Waals surface area contributed by atoms with Crippen LogP contribution in [0.3, 0.4) is 0 Å². The third kappa shape index (κ3) is 6.68. The third-order valence-corrected chi connectivity index (χ3v) is 7.02. The summed E-state index contributed by atoms with van der Waals surface area (Å²) in [6.07, 6.45) is 1.64. The number of aliphatic imine (C=N–C) groups is 1. The Balaban J connectivity index is 1.63. The maximum Gasteiger partial charge on any atom is 0.269 e. The van der Waals surface area contributed by atoms with Gasteiger partial charge in [-0.3, -0.25) is 9.59 Å². The molecule has 3 heterocycles. The summed E-state index contributed by atoms with van der Waals surface area (Å²) in [5.41, 5.74) is 3.79. The summed E-state index contributed by atoms with van der Waals surface area (Å²) in [6, 6.07) is 8.50. The van der Waals surface area contributed by atoms with E-state index < -0.39 is 11.6 Å². The molecule has 10 heteroatoms. The molecule has 0 atom stereocenters. The van der Waals surface area contributed by atoms with Gasteiger partial charge in [0.1, 0.15) is 23.3 Å². The largest absolute Gasteiger partial charge is 0.487 e. The van der Waals surface area contributed by atoms with Crippen LogP contribution in [-0.4, -0.2) is 71.6 Å². The maximum atomic E-state index is 14.1. The Labute approximate surface area is 227 Å². The van der Waals surface area contributed by atoms with Gasteiger partial charge in [-0.15, -0.1) is 0 Å². The fraction of sp³-hybridized carbons (Fsp3) is 0.379. The Hall–Kier alpha value is -4.08. The number of carbonyl (C=O) groups is 2. The van der Waals surface area contributed by atoms with Crippen molar-refractivity contribution in [3.05, 3.63) is 77.3 Å². The van der Waals surface area contributed by atoms with E-state index in [2.05, 4.69) is 21.8 Å². The van der Waals surface area contributed by atoms with Crippen molar-refractivity contribution >= 4 is 23.2 Å². The van der Waals surface area contributed by atoms with Gasteiger partial charge in [-0.05, 0) is 43.2 Å². The van der Waals surface area contributed by atoms with E-state index in [1.165, 1.54) is 19.1 Å². The van der Waals surface area contributed by atoms with Crippen molar-refractivity contribution in [2.75, 3.05) is 33.2 Å². The van der Waals surface area contributed by atoms with Gasteiger partial charge in [0, 0.05) is 58.2 Å². The predicted octanol–water partition coefficient (Wildman–Crippen LogP) is 4.20. The van der Waals surface area contributed by atoms with Crippen LogP contribution in [0.4, 0.5) is 8.78 Å². The molecule has 0 unspecified atom stereocenters. The lowest BCUT2D eigenvalue weighted by molar-refractivity contribution is -0.128. The molecule has 0 bridgehead atoms. The number of aromatic nitrogens is 1. The van der Waals surface area contributed by atoms with E-state index in [4.69, 9.17) is 9.73 Å². The van der Waals surface area contributed by atoms with Crippen LogP contribution in [0.25, 0.3) is 5.70 Å². The number of likely N-dealkylation sites (tertiary alicyclic amines) is 2. The second kappa shape index (κ2) is 12.2. The number of hydrogen-bond donors (Lipinski definition) is 1. The van der Waals surface area contributed by atoms with Gasteiger partial charge in [-0.1, -0.05) is 12.6 Å². The molecule has 4 rings (SSSR count). The first-order valence-electron chi connectivity index (χ1n) is 12.9. The first-order chi connectivity index (χ1) is 18.7. The highest BCUT2D eigenvalue weighted by Crippen LogP contribution is 2.28. The highest BCUT2D eigenvalue weighted by Gasteiger charge is 2.26. The molecule has 2 fully saturated rings. The van der Waals surface area contributed by atoms with E-state index in [1.54, 1.807) is 30.1 Å². The van der Waals surface area contributed by atoms with Crippen molar-refractivity contribution in [3.63, 3.8) is 0 Å². The van der Waals surface area contributed by atoms with Crippen LogP contribution in [-0.2, 0) is 4.79 Å². The Kier molecular flexibility index (Phi) is 8.73. The molecule has 2 aliphatic heterocycles. The number of piperidine rings is 2. The minimum absolute atomic E-state index is 0.0307.